The molecule has 1 aliphatic heterocycles. The standard InChI is InChI=1S/C17H28N4OS.HI/c1-2-18-17(19-8-10-21-11-13-22-14-12-21)20-9-15-23-16-6-4-3-5-7-16;/h3-7H,2,8-15H2,1H3,(H2,18,19,20);1H. The molecule has 0 unspecified atom stereocenters. The Kier molecular flexibility index (Phi) is 12.3. The smallest absolute Gasteiger partial charge is 0.191 e. The third kappa shape index (κ3) is 9.10. The molecule has 1 aromatic rings. The van der Waals surface area contributed by atoms with Crippen LogP contribution in [0.1, 0.15) is 6.92 Å². The average molecular weight is 464 g/mol. The molecule has 0 aliphatic carbocycles. The lowest BCUT2D eigenvalue weighted by atomic mass is 10.4. The molecule has 0 aromatic heterocycles. The van der Waals surface area contributed by atoms with Gasteiger partial charge in [-0.2, -0.15) is 0 Å². The number of hydrogen-bond acceptors (Lipinski definition) is 4. The van der Waals surface area contributed by atoms with E-state index in [1.807, 2.05) is 17.8 Å². The van der Waals surface area contributed by atoms with Gasteiger partial charge in [0.2, 0.25) is 0 Å². The van der Waals surface area contributed by atoms with Gasteiger partial charge in [-0.25, -0.2) is 0 Å². The van der Waals surface area contributed by atoms with E-state index in [1.54, 1.807) is 0 Å². The molecule has 0 amide bonds. The monoisotopic (exact) mass is 464 g/mol. The topological polar surface area (TPSA) is 48.9 Å². The molecular formula is C17H29IN4OS. The SMILES string of the molecule is CCNC(=NCCN1CCOCC1)NCCSc1ccccc1.I. The molecule has 0 bridgehead atoms. The minimum Gasteiger partial charge on any atom is -0.379 e. The molecule has 0 spiro atoms. The minimum absolute atomic E-state index is 0. The van der Waals surface area contributed by atoms with Crippen LogP contribution in [0.2, 0.25) is 0 Å². The summed E-state index contributed by atoms with van der Waals surface area (Å²) in [5, 5.41) is 6.71. The van der Waals surface area contributed by atoms with Crippen molar-refractivity contribution in [2.24, 2.45) is 4.99 Å². The summed E-state index contributed by atoms with van der Waals surface area (Å²) in [5.41, 5.74) is 0. The predicted molar refractivity (Wildman–Crippen MR) is 114 cm³/mol. The third-order valence-corrected chi connectivity index (χ3v) is 4.55. The zero-order chi connectivity index (χ0) is 16.2. The van der Waals surface area contributed by atoms with Gasteiger partial charge in [-0.1, -0.05) is 18.2 Å². The molecule has 7 heteroatoms. The van der Waals surface area contributed by atoms with Gasteiger partial charge in [-0.3, -0.25) is 9.89 Å². The second kappa shape index (κ2) is 13.7. The number of nitrogens with zero attached hydrogens (tertiary/aromatic N) is 2. The van der Waals surface area contributed by atoms with E-state index in [1.165, 1.54) is 4.90 Å². The first kappa shape index (κ1) is 21.5. The molecule has 2 N–H and O–H groups in total. The molecule has 1 fully saturated rings. The highest BCUT2D eigenvalue weighted by atomic mass is 127. The number of benzene rings is 1. The molecule has 1 aliphatic rings. The number of rotatable bonds is 8. The van der Waals surface area contributed by atoms with Crippen molar-refractivity contribution >= 4 is 41.7 Å². The number of hydrogen-bond donors (Lipinski definition) is 2. The molecule has 2 rings (SSSR count). The van der Waals surface area contributed by atoms with Gasteiger partial charge >= 0.3 is 0 Å². The Morgan fingerprint density at radius 3 is 2.67 bits per heavy atom. The second-order valence-corrected chi connectivity index (χ2v) is 6.47. The van der Waals surface area contributed by atoms with Gasteiger partial charge < -0.3 is 15.4 Å². The Hall–Kier alpha value is -0.510. The third-order valence-electron chi connectivity index (χ3n) is 3.54. The summed E-state index contributed by atoms with van der Waals surface area (Å²) in [7, 11) is 0. The van der Waals surface area contributed by atoms with Gasteiger partial charge in [0.1, 0.15) is 0 Å². The summed E-state index contributed by atoms with van der Waals surface area (Å²) >= 11 is 1.86. The molecule has 0 atom stereocenters. The highest BCUT2D eigenvalue weighted by Crippen LogP contribution is 2.15. The normalized spacial score (nSPS) is 15.6. The Morgan fingerprint density at radius 2 is 1.96 bits per heavy atom. The largest absolute Gasteiger partial charge is 0.379 e. The first-order chi connectivity index (χ1) is 11.4. The summed E-state index contributed by atoms with van der Waals surface area (Å²) in [4.78, 5) is 8.37. The van der Waals surface area contributed by atoms with E-state index in [4.69, 9.17) is 4.74 Å². The molecule has 136 valence electrons. The van der Waals surface area contributed by atoms with Gasteiger partial charge in [0.25, 0.3) is 0 Å². The van der Waals surface area contributed by atoms with E-state index in [0.717, 1.165) is 64.2 Å². The van der Waals surface area contributed by atoms with Crippen molar-refractivity contribution in [3.63, 3.8) is 0 Å². The van der Waals surface area contributed by atoms with Gasteiger partial charge in [0.05, 0.1) is 19.8 Å². The molecule has 1 heterocycles. The molecule has 0 radical (unpaired) electrons. The predicted octanol–water partition coefficient (Wildman–Crippen LogP) is 2.28. The summed E-state index contributed by atoms with van der Waals surface area (Å²) in [6, 6.07) is 10.5. The van der Waals surface area contributed by atoms with Gasteiger partial charge in [-0.15, -0.1) is 35.7 Å². The maximum absolute atomic E-state index is 5.36. The Morgan fingerprint density at radius 1 is 1.21 bits per heavy atom. The van der Waals surface area contributed by atoms with Crippen LogP contribution in [0.15, 0.2) is 40.2 Å². The van der Waals surface area contributed by atoms with Crippen molar-refractivity contribution in [3.8, 4) is 0 Å². The van der Waals surface area contributed by atoms with E-state index in [2.05, 4.69) is 51.7 Å². The fourth-order valence-electron chi connectivity index (χ4n) is 2.32. The summed E-state index contributed by atoms with van der Waals surface area (Å²) < 4.78 is 5.36. The average Bonchev–Trinajstić information content (AvgIpc) is 2.60. The van der Waals surface area contributed by atoms with E-state index >= 15 is 0 Å². The van der Waals surface area contributed by atoms with Crippen LogP contribution < -0.4 is 10.6 Å². The quantitative estimate of drug-likeness (QED) is 0.203. The Balaban J connectivity index is 0.00000288. The van der Waals surface area contributed by atoms with Crippen molar-refractivity contribution in [2.45, 2.75) is 11.8 Å². The molecular weight excluding hydrogens is 435 g/mol. The number of thioether (sulfide) groups is 1. The lowest BCUT2D eigenvalue weighted by molar-refractivity contribution is 0.0394. The minimum atomic E-state index is 0. The van der Waals surface area contributed by atoms with Crippen LogP contribution >= 0.6 is 35.7 Å². The van der Waals surface area contributed by atoms with Gasteiger partial charge in [0.15, 0.2) is 5.96 Å². The summed E-state index contributed by atoms with van der Waals surface area (Å²) in [6.45, 7) is 9.44. The first-order valence-electron chi connectivity index (χ1n) is 8.38. The zero-order valence-corrected chi connectivity index (χ0v) is 17.5. The van der Waals surface area contributed by atoms with Crippen LogP contribution in [0.5, 0.6) is 0 Å². The van der Waals surface area contributed by atoms with Crippen molar-refractivity contribution in [3.05, 3.63) is 30.3 Å². The van der Waals surface area contributed by atoms with E-state index in [9.17, 15) is 0 Å². The fourth-order valence-corrected chi connectivity index (χ4v) is 3.11. The molecule has 0 saturated carbocycles. The molecule has 24 heavy (non-hydrogen) atoms. The van der Waals surface area contributed by atoms with E-state index < -0.39 is 0 Å². The van der Waals surface area contributed by atoms with Gasteiger partial charge in [-0.05, 0) is 19.1 Å². The van der Waals surface area contributed by atoms with Crippen LogP contribution in [0.3, 0.4) is 0 Å². The lowest BCUT2D eigenvalue weighted by Gasteiger charge is -2.25. The second-order valence-electron chi connectivity index (χ2n) is 5.30. The van der Waals surface area contributed by atoms with Crippen molar-refractivity contribution in [1.82, 2.24) is 15.5 Å². The molecule has 1 saturated heterocycles. The fraction of sp³-hybridized carbons (Fsp3) is 0.588. The van der Waals surface area contributed by atoms with Crippen molar-refractivity contribution in [2.75, 3.05) is 58.2 Å². The number of nitrogens with one attached hydrogen (secondary N) is 2. The number of ether oxygens (including phenoxy) is 1. The van der Waals surface area contributed by atoms with Crippen LogP contribution in [0.25, 0.3) is 0 Å². The van der Waals surface area contributed by atoms with Crippen LogP contribution in [0.4, 0.5) is 0 Å². The number of halogens is 1. The number of morpholine rings is 1. The molecule has 1 aromatic carbocycles. The summed E-state index contributed by atoms with van der Waals surface area (Å²) in [6.07, 6.45) is 0. The van der Waals surface area contributed by atoms with E-state index in [0.29, 0.717) is 0 Å². The lowest BCUT2D eigenvalue weighted by Crippen LogP contribution is -2.40. The number of guanidine groups is 1. The Bertz CT molecular complexity index is 455. The van der Waals surface area contributed by atoms with Gasteiger partial charge in [0, 0.05) is 43.4 Å². The van der Waals surface area contributed by atoms with Crippen molar-refractivity contribution < 1.29 is 4.74 Å². The van der Waals surface area contributed by atoms with Crippen LogP contribution in [-0.4, -0.2) is 69.1 Å². The van der Waals surface area contributed by atoms with Crippen molar-refractivity contribution in [1.29, 1.82) is 0 Å². The Labute approximate surface area is 167 Å². The zero-order valence-electron chi connectivity index (χ0n) is 14.4. The number of aliphatic imine (C=N–C) groups is 1. The van der Waals surface area contributed by atoms with Crippen LogP contribution in [0, 0.1) is 0 Å². The summed E-state index contributed by atoms with van der Waals surface area (Å²) in [5.74, 6) is 1.94. The highest BCUT2D eigenvalue weighted by Gasteiger charge is 2.09. The first-order valence-corrected chi connectivity index (χ1v) is 9.37. The van der Waals surface area contributed by atoms with Crippen LogP contribution in [-0.2, 0) is 4.74 Å². The van der Waals surface area contributed by atoms with E-state index in [-0.39, 0.29) is 24.0 Å². The maximum atomic E-state index is 5.36. The maximum Gasteiger partial charge on any atom is 0.191 e. The highest BCUT2D eigenvalue weighted by molar-refractivity contribution is 14.0. The molecule has 5 nitrogen and oxygen atoms in total.